The van der Waals surface area contributed by atoms with E-state index in [4.69, 9.17) is 0 Å². The minimum absolute atomic E-state index is 0.754. The van der Waals surface area contributed by atoms with Crippen LogP contribution in [-0.2, 0) is 0 Å². The average Bonchev–Trinajstić information content (AvgIpc) is 2.07. The molecule has 1 aliphatic rings. The molecule has 0 saturated carbocycles. The lowest BCUT2D eigenvalue weighted by molar-refractivity contribution is 0.216. The predicted octanol–water partition coefficient (Wildman–Crippen LogP) is 2.81. The van der Waals surface area contributed by atoms with Gasteiger partial charge in [-0.05, 0) is 38.1 Å². The van der Waals surface area contributed by atoms with Crippen LogP contribution in [0.1, 0.15) is 46.5 Å². The summed E-state index contributed by atoms with van der Waals surface area (Å²) >= 11 is 0. The summed E-state index contributed by atoms with van der Waals surface area (Å²) < 4.78 is 0. The summed E-state index contributed by atoms with van der Waals surface area (Å²) in [6.07, 6.45) is 5.53. The molecule has 0 aliphatic carbocycles. The van der Waals surface area contributed by atoms with Crippen molar-refractivity contribution in [3.05, 3.63) is 0 Å². The van der Waals surface area contributed by atoms with Gasteiger partial charge in [0.05, 0.1) is 0 Å². The van der Waals surface area contributed by atoms with Crippen molar-refractivity contribution in [3.8, 4) is 0 Å². The summed E-state index contributed by atoms with van der Waals surface area (Å²) in [6, 6.07) is 0.754. The molecule has 0 aromatic rings. The normalized spacial score (nSPS) is 31.0. The second-order valence-electron chi connectivity index (χ2n) is 4.22. The minimum atomic E-state index is 0.754. The second kappa shape index (κ2) is 4.86. The fourth-order valence-corrected chi connectivity index (χ4v) is 2.55. The Balaban J connectivity index is 2.38. The molecule has 1 nitrogen and oxygen atoms in total. The van der Waals surface area contributed by atoms with Crippen molar-refractivity contribution in [3.63, 3.8) is 0 Å². The third kappa shape index (κ3) is 2.48. The summed E-state index contributed by atoms with van der Waals surface area (Å²) in [7, 11) is 0. The molecule has 0 amide bonds. The van der Waals surface area contributed by atoms with E-state index in [2.05, 4.69) is 26.1 Å². The molecule has 1 fully saturated rings. The first-order valence-corrected chi connectivity index (χ1v) is 5.51. The smallest absolute Gasteiger partial charge is 0.00414 e. The molecule has 2 unspecified atom stereocenters. The van der Waals surface area contributed by atoms with E-state index in [-0.39, 0.29) is 0 Å². The van der Waals surface area contributed by atoms with Crippen molar-refractivity contribution in [2.45, 2.75) is 52.5 Å². The maximum atomic E-state index is 3.51. The third-order valence-corrected chi connectivity index (χ3v) is 3.38. The van der Waals surface area contributed by atoms with E-state index in [0.29, 0.717) is 0 Å². The highest BCUT2D eigenvalue weighted by Gasteiger charge is 2.23. The average molecular weight is 169 g/mol. The number of piperidine rings is 1. The van der Waals surface area contributed by atoms with Crippen LogP contribution in [0.15, 0.2) is 0 Å². The Labute approximate surface area is 76.9 Å². The molecule has 0 bridgehead atoms. The number of hydrogen-bond donors (Lipinski definition) is 1. The zero-order valence-electron chi connectivity index (χ0n) is 8.77. The SMILES string of the molecule is CCC(CC)C1CCNC(C)C1. The molecule has 1 saturated heterocycles. The molecule has 12 heavy (non-hydrogen) atoms. The molecule has 1 aliphatic heterocycles. The van der Waals surface area contributed by atoms with E-state index in [1.807, 2.05) is 0 Å². The van der Waals surface area contributed by atoms with Gasteiger partial charge in [-0.3, -0.25) is 0 Å². The lowest BCUT2D eigenvalue weighted by atomic mass is 9.79. The summed E-state index contributed by atoms with van der Waals surface area (Å²) in [5, 5.41) is 3.51. The van der Waals surface area contributed by atoms with Gasteiger partial charge in [-0.15, -0.1) is 0 Å². The van der Waals surface area contributed by atoms with Crippen LogP contribution in [0.3, 0.4) is 0 Å². The van der Waals surface area contributed by atoms with Gasteiger partial charge in [0.25, 0.3) is 0 Å². The van der Waals surface area contributed by atoms with Gasteiger partial charge in [0, 0.05) is 6.04 Å². The van der Waals surface area contributed by atoms with Gasteiger partial charge >= 0.3 is 0 Å². The first-order valence-electron chi connectivity index (χ1n) is 5.51. The first kappa shape index (κ1) is 10.0. The van der Waals surface area contributed by atoms with E-state index in [1.54, 1.807) is 0 Å². The van der Waals surface area contributed by atoms with Gasteiger partial charge in [0.15, 0.2) is 0 Å². The molecule has 2 atom stereocenters. The molecule has 1 N–H and O–H groups in total. The maximum Gasteiger partial charge on any atom is 0.00414 e. The molecule has 1 rings (SSSR count). The quantitative estimate of drug-likeness (QED) is 0.685. The van der Waals surface area contributed by atoms with Crippen LogP contribution in [0.25, 0.3) is 0 Å². The van der Waals surface area contributed by atoms with E-state index in [1.165, 1.54) is 32.2 Å². The number of nitrogens with one attached hydrogen (secondary N) is 1. The lowest BCUT2D eigenvalue weighted by Crippen LogP contribution is -2.38. The zero-order chi connectivity index (χ0) is 8.97. The Morgan fingerprint density at radius 1 is 1.33 bits per heavy atom. The van der Waals surface area contributed by atoms with Crippen molar-refractivity contribution < 1.29 is 0 Å². The number of hydrogen-bond acceptors (Lipinski definition) is 1. The zero-order valence-corrected chi connectivity index (χ0v) is 8.77. The minimum Gasteiger partial charge on any atom is -0.314 e. The number of rotatable bonds is 3. The third-order valence-electron chi connectivity index (χ3n) is 3.38. The molecule has 1 heterocycles. The van der Waals surface area contributed by atoms with E-state index in [9.17, 15) is 0 Å². The van der Waals surface area contributed by atoms with Crippen LogP contribution in [0, 0.1) is 11.8 Å². The Morgan fingerprint density at radius 2 is 2.00 bits per heavy atom. The summed E-state index contributed by atoms with van der Waals surface area (Å²) in [5.74, 6) is 1.98. The Kier molecular flexibility index (Phi) is 4.07. The monoisotopic (exact) mass is 169 g/mol. The Bertz CT molecular complexity index is 118. The fourth-order valence-electron chi connectivity index (χ4n) is 2.55. The fraction of sp³-hybridized carbons (Fsp3) is 1.00. The second-order valence-corrected chi connectivity index (χ2v) is 4.22. The molecule has 72 valence electrons. The van der Waals surface area contributed by atoms with Crippen LogP contribution < -0.4 is 5.32 Å². The maximum absolute atomic E-state index is 3.51. The largest absolute Gasteiger partial charge is 0.314 e. The molecule has 0 aromatic heterocycles. The van der Waals surface area contributed by atoms with E-state index in [0.717, 1.165) is 17.9 Å². The predicted molar refractivity (Wildman–Crippen MR) is 54.3 cm³/mol. The van der Waals surface area contributed by atoms with Crippen molar-refractivity contribution in [1.82, 2.24) is 5.32 Å². The van der Waals surface area contributed by atoms with Crippen molar-refractivity contribution in [2.24, 2.45) is 11.8 Å². The molecular formula is C11H23N. The van der Waals surface area contributed by atoms with Gasteiger partial charge in [-0.2, -0.15) is 0 Å². The van der Waals surface area contributed by atoms with Gasteiger partial charge in [-0.25, -0.2) is 0 Å². The highest BCUT2D eigenvalue weighted by atomic mass is 14.9. The standard InChI is InChI=1S/C11H23N/c1-4-10(5-2)11-6-7-12-9(3)8-11/h9-12H,4-8H2,1-3H3. The first-order chi connectivity index (χ1) is 5.77. The van der Waals surface area contributed by atoms with Crippen LogP contribution in [0.5, 0.6) is 0 Å². The summed E-state index contributed by atoms with van der Waals surface area (Å²) in [4.78, 5) is 0. The highest BCUT2D eigenvalue weighted by Crippen LogP contribution is 2.28. The van der Waals surface area contributed by atoms with Crippen LogP contribution in [0.2, 0.25) is 0 Å². The van der Waals surface area contributed by atoms with E-state index >= 15 is 0 Å². The topological polar surface area (TPSA) is 12.0 Å². The van der Waals surface area contributed by atoms with Crippen molar-refractivity contribution >= 4 is 0 Å². The van der Waals surface area contributed by atoms with Crippen LogP contribution in [-0.4, -0.2) is 12.6 Å². The van der Waals surface area contributed by atoms with Gasteiger partial charge < -0.3 is 5.32 Å². The van der Waals surface area contributed by atoms with Crippen molar-refractivity contribution in [1.29, 1.82) is 0 Å². The van der Waals surface area contributed by atoms with Gasteiger partial charge in [0.1, 0.15) is 0 Å². The van der Waals surface area contributed by atoms with Crippen molar-refractivity contribution in [2.75, 3.05) is 6.54 Å². The lowest BCUT2D eigenvalue weighted by Gasteiger charge is -2.33. The highest BCUT2D eigenvalue weighted by molar-refractivity contribution is 4.78. The molecule has 0 aromatic carbocycles. The van der Waals surface area contributed by atoms with Gasteiger partial charge in [0.2, 0.25) is 0 Å². The molecule has 0 spiro atoms. The molecule has 1 heteroatoms. The molecule has 0 radical (unpaired) electrons. The van der Waals surface area contributed by atoms with Gasteiger partial charge in [-0.1, -0.05) is 26.7 Å². The Morgan fingerprint density at radius 3 is 2.50 bits per heavy atom. The van der Waals surface area contributed by atoms with Crippen LogP contribution in [0.4, 0.5) is 0 Å². The van der Waals surface area contributed by atoms with Crippen LogP contribution >= 0.6 is 0 Å². The Hall–Kier alpha value is -0.0400. The van der Waals surface area contributed by atoms with E-state index < -0.39 is 0 Å². The summed E-state index contributed by atoms with van der Waals surface area (Å²) in [6.45, 7) is 8.22. The summed E-state index contributed by atoms with van der Waals surface area (Å²) in [5.41, 5.74) is 0. The molecular weight excluding hydrogens is 146 g/mol.